The zero-order chi connectivity index (χ0) is 16.8. The zero-order valence-corrected chi connectivity index (χ0v) is 15.7. The maximum absolute atomic E-state index is 12.3. The monoisotopic (exact) mass is 364 g/mol. The number of nitrogens with zero attached hydrogens (tertiary/aromatic N) is 3. The van der Waals surface area contributed by atoms with Gasteiger partial charge in [-0.1, -0.05) is 42.6 Å². The van der Waals surface area contributed by atoms with Crippen LogP contribution in [0, 0.1) is 0 Å². The van der Waals surface area contributed by atoms with Gasteiger partial charge in [0.25, 0.3) is 0 Å². The lowest BCUT2D eigenvalue weighted by Gasteiger charge is -2.36. The Hall–Kier alpha value is -1.18. The lowest BCUT2D eigenvalue weighted by atomic mass is 10.2. The number of piperazine rings is 1. The number of hydrogen-bond donors (Lipinski definition) is 1. The molecule has 24 heavy (non-hydrogen) atoms. The molecule has 1 amide bonds. The van der Waals surface area contributed by atoms with Crippen LogP contribution < -0.4 is 10.2 Å². The van der Waals surface area contributed by atoms with Crippen LogP contribution in [0.2, 0.25) is 0 Å². The first-order valence-corrected chi connectivity index (χ1v) is 10.4. The van der Waals surface area contributed by atoms with E-state index in [9.17, 15) is 4.79 Å². The van der Waals surface area contributed by atoms with E-state index in [1.807, 2.05) is 18.2 Å². The number of nitrogens with one attached hydrogen (secondary N) is 1. The number of carbonyl (C=O) groups is 1. The Kier molecular flexibility index (Phi) is 6.45. The van der Waals surface area contributed by atoms with Crippen LogP contribution in [0.4, 0.5) is 11.4 Å². The van der Waals surface area contributed by atoms with Gasteiger partial charge in [0.05, 0.1) is 23.7 Å². The summed E-state index contributed by atoms with van der Waals surface area (Å²) in [6.07, 6.45) is 0. The molecule has 2 aliphatic rings. The Labute approximate surface area is 152 Å². The lowest BCUT2D eigenvalue weighted by molar-refractivity contribution is -0.113. The van der Waals surface area contributed by atoms with Crippen molar-refractivity contribution in [3.05, 3.63) is 24.3 Å². The number of amides is 1. The van der Waals surface area contributed by atoms with Gasteiger partial charge >= 0.3 is 0 Å². The summed E-state index contributed by atoms with van der Waals surface area (Å²) >= 11 is 3.28. The number of anilines is 2. The molecule has 1 aromatic rings. The van der Waals surface area contributed by atoms with Gasteiger partial charge in [-0.2, -0.15) is 0 Å². The van der Waals surface area contributed by atoms with Gasteiger partial charge < -0.3 is 15.1 Å². The third-order valence-electron chi connectivity index (χ3n) is 4.22. The summed E-state index contributed by atoms with van der Waals surface area (Å²) in [6, 6.07) is 8.11. The molecule has 1 N–H and O–H groups in total. The van der Waals surface area contributed by atoms with Crippen molar-refractivity contribution in [2.45, 2.75) is 6.92 Å². The fourth-order valence-electron chi connectivity index (χ4n) is 2.88. The van der Waals surface area contributed by atoms with Gasteiger partial charge in [-0.15, -0.1) is 0 Å². The standard InChI is InChI=1S/C17H24N4OS2/c1-2-20-8-10-21(11-9-20)15-6-4-3-5-14(15)19-16(22)13-24-17-18-7-12-23-17/h3-6H,2,7-13H2,1H3,(H,19,22). The van der Waals surface area contributed by atoms with Gasteiger partial charge in [0.15, 0.2) is 0 Å². The SMILES string of the molecule is CCN1CCN(c2ccccc2NC(=O)CSC2=NCCS2)CC1. The maximum atomic E-state index is 12.3. The Bertz CT molecular complexity index is 600. The molecular weight excluding hydrogens is 340 g/mol. The van der Waals surface area contributed by atoms with Crippen LogP contribution in [0.15, 0.2) is 29.3 Å². The molecular formula is C17H24N4OS2. The van der Waals surface area contributed by atoms with Crippen molar-refractivity contribution in [1.29, 1.82) is 0 Å². The molecule has 0 aromatic heterocycles. The molecule has 0 unspecified atom stereocenters. The predicted molar refractivity (Wildman–Crippen MR) is 107 cm³/mol. The molecule has 0 saturated carbocycles. The van der Waals surface area contributed by atoms with Gasteiger partial charge in [0, 0.05) is 31.9 Å². The molecule has 5 nitrogen and oxygen atoms in total. The van der Waals surface area contributed by atoms with Gasteiger partial charge in [-0.3, -0.25) is 9.79 Å². The summed E-state index contributed by atoms with van der Waals surface area (Å²) in [5.41, 5.74) is 2.04. The van der Waals surface area contributed by atoms with E-state index in [1.54, 1.807) is 11.8 Å². The predicted octanol–water partition coefficient (Wildman–Crippen LogP) is 2.60. The van der Waals surface area contributed by atoms with Crippen LogP contribution in [0.25, 0.3) is 0 Å². The second kappa shape index (κ2) is 8.78. The third kappa shape index (κ3) is 4.68. The highest BCUT2D eigenvalue weighted by Gasteiger charge is 2.19. The van der Waals surface area contributed by atoms with Crippen molar-refractivity contribution < 1.29 is 4.79 Å². The van der Waals surface area contributed by atoms with E-state index >= 15 is 0 Å². The Morgan fingerprint density at radius 1 is 1.29 bits per heavy atom. The molecule has 1 fully saturated rings. The van der Waals surface area contributed by atoms with Crippen LogP contribution in [-0.4, -0.2) is 66.0 Å². The number of carbonyl (C=O) groups excluding carboxylic acids is 1. The van der Waals surface area contributed by atoms with Crippen LogP contribution >= 0.6 is 23.5 Å². The average Bonchev–Trinajstić information content (AvgIpc) is 3.14. The highest BCUT2D eigenvalue weighted by molar-refractivity contribution is 8.39. The maximum Gasteiger partial charge on any atom is 0.234 e. The van der Waals surface area contributed by atoms with Gasteiger partial charge in [0.1, 0.15) is 4.38 Å². The minimum atomic E-state index is 0.0369. The van der Waals surface area contributed by atoms with Crippen molar-refractivity contribution in [3.8, 4) is 0 Å². The molecule has 0 atom stereocenters. The molecule has 0 bridgehead atoms. The quantitative estimate of drug-likeness (QED) is 0.870. The number of para-hydroxylation sites is 2. The van der Waals surface area contributed by atoms with Gasteiger partial charge in [-0.05, 0) is 18.7 Å². The zero-order valence-electron chi connectivity index (χ0n) is 14.0. The topological polar surface area (TPSA) is 47.9 Å². The molecule has 0 aliphatic carbocycles. The largest absolute Gasteiger partial charge is 0.367 e. The fraction of sp³-hybridized carbons (Fsp3) is 0.529. The summed E-state index contributed by atoms with van der Waals surface area (Å²) in [5, 5.41) is 3.08. The van der Waals surface area contributed by atoms with Gasteiger partial charge in [0.2, 0.25) is 5.91 Å². The lowest BCUT2D eigenvalue weighted by Crippen LogP contribution is -2.46. The third-order valence-corrected chi connectivity index (χ3v) is 6.48. The molecule has 2 heterocycles. The first-order chi connectivity index (χ1) is 11.8. The van der Waals surface area contributed by atoms with E-state index in [2.05, 4.69) is 33.1 Å². The summed E-state index contributed by atoms with van der Waals surface area (Å²) in [6.45, 7) is 8.34. The summed E-state index contributed by atoms with van der Waals surface area (Å²) in [7, 11) is 0. The minimum Gasteiger partial charge on any atom is -0.367 e. The van der Waals surface area contributed by atoms with Crippen LogP contribution in [-0.2, 0) is 4.79 Å². The minimum absolute atomic E-state index is 0.0369. The Morgan fingerprint density at radius 2 is 2.08 bits per heavy atom. The van der Waals surface area contributed by atoms with E-state index in [1.165, 1.54) is 11.8 Å². The smallest absolute Gasteiger partial charge is 0.234 e. The van der Waals surface area contributed by atoms with Crippen molar-refractivity contribution in [2.24, 2.45) is 4.99 Å². The number of benzene rings is 1. The fourth-order valence-corrected chi connectivity index (χ4v) is 4.69. The molecule has 3 rings (SSSR count). The summed E-state index contributed by atoms with van der Waals surface area (Å²) < 4.78 is 1.04. The normalized spacial score (nSPS) is 18.5. The number of rotatable bonds is 5. The van der Waals surface area contributed by atoms with Crippen molar-refractivity contribution in [1.82, 2.24) is 4.90 Å². The second-order valence-corrected chi connectivity index (χ2v) is 8.08. The van der Waals surface area contributed by atoms with E-state index in [0.29, 0.717) is 5.75 Å². The number of thioether (sulfide) groups is 2. The van der Waals surface area contributed by atoms with Crippen LogP contribution in [0.1, 0.15) is 6.92 Å². The number of aliphatic imine (C=N–C) groups is 1. The van der Waals surface area contributed by atoms with Crippen molar-refractivity contribution >= 4 is 45.2 Å². The Morgan fingerprint density at radius 3 is 2.79 bits per heavy atom. The van der Waals surface area contributed by atoms with Crippen LogP contribution in [0.3, 0.4) is 0 Å². The summed E-state index contributed by atoms with van der Waals surface area (Å²) in [5.74, 6) is 1.50. The Balaban J connectivity index is 1.58. The molecule has 2 aliphatic heterocycles. The van der Waals surface area contributed by atoms with Crippen LogP contribution in [0.5, 0.6) is 0 Å². The van der Waals surface area contributed by atoms with E-state index in [4.69, 9.17) is 0 Å². The first-order valence-electron chi connectivity index (χ1n) is 8.42. The molecule has 1 aromatic carbocycles. The second-order valence-electron chi connectivity index (χ2n) is 5.77. The summed E-state index contributed by atoms with van der Waals surface area (Å²) in [4.78, 5) is 21.5. The van der Waals surface area contributed by atoms with Crippen molar-refractivity contribution in [3.63, 3.8) is 0 Å². The van der Waals surface area contributed by atoms with E-state index in [-0.39, 0.29) is 5.91 Å². The highest BCUT2D eigenvalue weighted by Crippen LogP contribution is 2.27. The number of hydrogen-bond acceptors (Lipinski definition) is 6. The molecule has 1 saturated heterocycles. The average molecular weight is 365 g/mol. The first kappa shape index (κ1) is 17.6. The molecule has 0 spiro atoms. The molecule has 130 valence electrons. The van der Waals surface area contributed by atoms with E-state index in [0.717, 1.165) is 60.8 Å². The highest BCUT2D eigenvalue weighted by atomic mass is 32.2. The van der Waals surface area contributed by atoms with Gasteiger partial charge in [-0.25, -0.2) is 0 Å². The molecule has 7 heteroatoms. The molecule has 0 radical (unpaired) electrons. The van der Waals surface area contributed by atoms with E-state index < -0.39 is 0 Å². The number of likely N-dealkylation sites (N-methyl/N-ethyl adjacent to an activating group) is 1. The van der Waals surface area contributed by atoms with Crippen molar-refractivity contribution in [2.75, 3.05) is 61.0 Å².